The van der Waals surface area contributed by atoms with Crippen molar-refractivity contribution in [3.05, 3.63) is 0 Å². The fourth-order valence-electron chi connectivity index (χ4n) is 3.68. The molecule has 2 saturated heterocycles. The van der Waals surface area contributed by atoms with E-state index >= 15 is 0 Å². The molecule has 3 rings (SSSR count). The largest absolute Gasteiger partial charge is 0.337 e. The van der Waals surface area contributed by atoms with E-state index in [0.717, 1.165) is 32.5 Å². The maximum Gasteiger partial charge on any atom is 0.235 e. The highest BCUT2D eigenvalue weighted by Crippen LogP contribution is 2.39. The van der Waals surface area contributed by atoms with Crippen LogP contribution in [-0.4, -0.2) is 48.6 Å². The minimum absolute atomic E-state index is 0.000373. The van der Waals surface area contributed by atoms with E-state index in [4.69, 9.17) is 0 Å². The summed E-state index contributed by atoms with van der Waals surface area (Å²) in [5, 5.41) is 15.8. The minimum atomic E-state index is -0.665. The number of amides is 1. The summed E-state index contributed by atoms with van der Waals surface area (Å²) in [4.78, 5) is 14.4. The molecule has 110 valence electrons. The van der Waals surface area contributed by atoms with Gasteiger partial charge in [-0.05, 0) is 51.0 Å². The second-order valence-electron chi connectivity index (χ2n) is 6.79. The van der Waals surface area contributed by atoms with Crippen molar-refractivity contribution in [3.8, 4) is 6.07 Å². The molecular formula is C15H24N4O. The van der Waals surface area contributed by atoms with Crippen LogP contribution in [0.25, 0.3) is 0 Å². The van der Waals surface area contributed by atoms with Gasteiger partial charge < -0.3 is 10.6 Å². The molecule has 5 nitrogen and oxygen atoms in total. The molecule has 0 aromatic heterocycles. The lowest BCUT2D eigenvalue weighted by atomic mass is 9.94. The first-order valence-electron chi connectivity index (χ1n) is 7.79. The maximum absolute atomic E-state index is 12.2. The second-order valence-corrected chi connectivity index (χ2v) is 6.79. The van der Waals surface area contributed by atoms with Crippen molar-refractivity contribution in [1.82, 2.24) is 15.5 Å². The lowest BCUT2D eigenvalue weighted by Crippen LogP contribution is -2.50. The van der Waals surface area contributed by atoms with Crippen LogP contribution in [0.15, 0.2) is 0 Å². The Kier molecular flexibility index (Phi) is 3.70. The predicted molar refractivity (Wildman–Crippen MR) is 75.8 cm³/mol. The number of piperidine rings is 1. The van der Waals surface area contributed by atoms with Gasteiger partial charge in [0.25, 0.3) is 0 Å². The van der Waals surface area contributed by atoms with Gasteiger partial charge in [-0.2, -0.15) is 5.26 Å². The number of hydrogen-bond donors (Lipinski definition) is 2. The van der Waals surface area contributed by atoms with Gasteiger partial charge in [-0.25, -0.2) is 0 Å². The Labute approximate surface area is 120 Å². The van der Waals surface area contributed by atoms with Crippen molar-refractivity contribution < 1.29 is 4.79 Å². The van der Waals surface area contributed by atoms with Crippen LogP contribution in [-0.2, 0) is 4.79 Å². The molecule has 2 N–H and O–H groups in total. The van der Waals surface area contributed by atoms with Crippen molar-refractivity contribution in [2.24, 2.45) is 11.8 Å². The molecule has 3 unspecified atom stereocenters. The van der Waals surface area contributed by atoms with Crippen LogP contribution in [0.2, 0.25) is 0 Å². The van der Waals surface area contributed by atoms with E-state index in [-0.39, 0.29) is 5.91 Å². The lowest BCUT2D eigenvalue weighted by Gasteiger charge is -2.25. The topological polar surface area (TPSA) is 68.2 Å². The molecule has 2 heterocycles. The first kappa shape index (κ1) is 13.8. The zero-order valence-electron chi connectivity index (χ0n) is 12.2. The molecule has 0 spiro atoms. The molecule has 3 aliphatic rings. The number of likely N-dealkylation sites (tertiary alicyclic amines) is 1. The number of nitrogens with zero attached hydrogens (tertiary/aromatic N) is 2. The van der Waals surface area contributed by atoms with Crippen molar-refractivity contribution >= 4 is 5.91 Å². The van der Waals surface area contributed by atoms with Crippen LogP contribution >= 0.6 is 0 Å². The summed E-state index contributed by atoms with van der Waals surface area (Å²) >= 11 is 0. The second kappa shape index (κ2) is 5.34. The van der Waals surface area contributed by atoms with E-state index in [0.29, 0.717) is 24.4 Å². The first-order chi connectivity index (χ1) is 9.60. The fraction of sp³-hybridized carbons (Fsp3) is 0.867. The average Bonchev–Trinajstić information content (AvgIpc) is 3.20. The molecule has 5 heteroatoms. The summed E-state index contributed by atoms with van der Waals surface area (Å²) in [6, 6.07) is 2.84. The zero-order valence-corrected chi connectivity index (χ0v) is 12.2. The van der Waals surface area contributed by atoms with Gasteiger partial charge in [0.2, 0.25) is 5.91 Å². The van der Waals surface area contributed by atoms with Crippen LogP contribution in [0.1, 0.15) is 32.6 Å². The van der Waals surface area contributed by atoms with E-state index in [1.807, 2.05) is 6.92 Å². The van der Waals surface area contributed by atoms with Gasteiger partial charge in [0, 0.05) is 19.1 Å². The molecule has 1 saturated carbocycles. The summed E-state index contributed by atoms with van der Waals surface area (Å²) in [5.74, 6) is 1.04. The highest BCUT2D eigenvalue weighted by atomic mass is 16.2. The van der Waals surface area contributed by atoms with Gasteiger partial charge in [-0.15, -0.1) is 0 Å². The number of nitriles is 1. The zero-order chi connectivity index (χ0) is 14.2. The number of hydrogen-bond acceptors (Lipinski definition) is 4. The van der Waals surface area contributed by atoms with Crippen LogP contribution in [0.5, 0.6) is 0 Å². The quantitative estimate of drug-likeness (QED) is 0.783. The molecule has 2 aliphatic heterocycles. The predicted octanol–water partition coefficient (Wildman–Crippen LogP) is 0.479. The van der Waals surface area contributed by atoms with Gasteiger partial charge in [-0.1, -0.05) is 0 Å². The molecule has 3 atom stereocenters. The van der Waals surface area contributed by atoms with Crippen LogP contribution in [0.4, 0.5) is 0 Å². The number of rotatable bonds is 4. The third-order valence-electron chi connectivity index (χ3n) is 5.07. The Morgan fingerprint density at radius 1 is 1.45 bits per heavy atom. The summed E-state index contributed by atoms with van der Waals surface area (Å²) in [5.41, 5.74) is -0.665. The number of carbonyl (C=O) groups excluding carboxylic acids is 1. The van der Waals surface area contributed by atoms with E-state index in [2.05, 4.69) is 21.6 Å². The minimum Gasteiger partial charge on any atom is -0.337 e. The Balaban J connectivity index is 1.51. The van der Waals surface area contributed by atoms with Gasteiger partial charge in [0.1, 0.15) is 5.54 Å². The van der Waals surface area contributed by atoms with Crippen LogP contribution in [0.3, 0.4) is 0 Å². The van der Waals surface area contributed by atoms with Gasteiger partial charge >= 0.3 is 0 Å². The maximum atomic E-state index is 12.2. The molecule has 0 bridgehead atoms. The standard InChI is InChI=1S/C15H24N4O/c1-15(10-16,12-4-5-12)18-14(20)9-19-7-11-3-2-6-17-13(11)8-19/h11-13,17H,2-9H2,1H3,(H,18,20). The van der Waals surface area contributed by atoms with Crippen LogP contribution < -0.4 is 10.6 Å². The Bertz CT molecular complexity index is 414. The molecule has 1 aliphatic carbocycles. The fourth-order valence-corrected chi connectivity index (χ4v) is 3.68. The summed E-state index contributed by atoms with van der Waals surface area (Å²) < 4.78 is 0. The molecule has 3 fully saturated rings. The molecule has 0 aromatic carbocycles. The van der Waals surface area contributed by atoms with Crippen LogP contribution in [0, 0.1) is 23.2 Å². The summed E-state index contributed by atoms with van der Waals surface area (Å²) in [6.45, 7) is 5.37. The molecule has 0 aromatic rings. The summed E-state index contributed by atoms with van der Waals surface area (Å²) in [7, 11) is 0. The summed E-state index contributed by atoms with van der Waals surface area (Å²) in [6.07, 6.45) is 4.63. The van der Waals surface area contributed by atoms with E-state index < -0.39 is 5.54 Å². The normalized spacial score (nSPS) is 33.0. The smallest absolute Gasteiger partial charge is 0.235 e. The Morgan fingerprint density at radius 3 is 2.90 bits per heavy atom. The van der Waals surface area contributed by atoms with E-state index in [9.17, 15) is 10.1 Å². The monoisotopic (exact) mass is 276 g/mol. The average molecular weight is 276 g/mol. The van der Waals surface area contributed by atoms with E-state index in [1.54, 1.807) is 0 Å². The van der Waals surface area contributed by atoms with Crippen molar-refractivity contribution in [3.63, 3.8) is 0 Å². The third kappa shape index (κ3) is 2.82. The van der Waals surface area contributed by atoms with Crippen molar-refractivity contribution in [2.45, 2.75) is 44.2 Å². The highest BCUT2D eigenvalue weighted by Gasteiger charge is 2.43. The first-order valence-corrected chi connectivity index (χ1v) is 7.79. The highest BCUT2D eigenvalue weighted by molar-refractivity contribution is 5.79. The molecule has 1 amide bonds. The Hall–Kier alpha value is -1.12. The number of nitrogens with one attached hydrogen (secondary N) is 2. The van der Waals surface area contributed by atoms with Crippen molar-refractivity contribution in [2.75, 3.05) is 26.2 Å². The molecule has 20 heavy (non-hydrogen) atoms. The van der Waals surface area contributed by atoms with E-state index in [1.165, 1.54) is 12.8 Å². The molecular weight excluding hydrogens is 252 g/mol. The molecule has 0 radical (unpaired) electrons. The lowest BCUT2D eigenvalue weighted by molar-refractivity contribution is -0.123. The number of fused-ring (bicyclic) bond motifs is 1. The van der Waals surface area contributed by atoms with Gasteiger partial charge in [0.05, 0.1) is 12.6 Å². The SMILES string of the molecule is CC(C#N)(NC(=O)CN1CC2CCCNC2C1)C1CC1. The van der Waals surface area contributed by atoms with Gasteiger partial charge in [0.15, 0.2) is 0 Å². The van der Waals surface area contributed by atoms with Crippen molar-refractivity contribution in [1.29, 1.82) is 5.26 Å². The third-order valence-corrected chi connectivity index (χ3v) is 5.07. The van der Waals surface area contributed by atoms with Gasteiger partial charge in [-0.3, -0.25) is 9.69 Å². The number of carbonyl (C=O) groups is 1. The Morgan fingerprint density at radius 2 is 2.25 bits per heavy atom.